The van der Waals surface area contributed by atoms with Crippen LogP contribution in [0, 0.1) is 17.0 Å². The Hall–Kier alpha value is -2.76. The number of nitrogens with zero attached hydrogens (tertiary/aromatic N) is 2. The number of rotatable bonds is 4. The third-order valence-electron chi connectivity index (χ3n) is 2.84. The van der Waals surface area contributed by atoms with Crippen molar-refractivity contribution >= 4 is 11.6 Å². The molecule has 0 spiro atoms. The number of nitrogens with one attached hydrogen (secondary N) is 1. The van der Waals surface area contributed by atoms with Crippen LogP contribution in [0.25, 0.3) is 0 Å². The van der Waals surface area contributed by atoms with Gasteiger partial charge in [0.15, 0.2) is 0 Å². The van der Waals surface area contributed by atoms with Gasteiger partial charge in [-0.15, -0.1) is 0 Å². The molecular weight excluding hydrogens is 258 g/mol. The van der Waals surface area contributed by atoms with Crippen molar-refractivity contribution in [1.29, 1.82) is 0 Å². The zero-order valence-corrected chi connectivity index (χ0v) is 10.9. The molecule has 0 saturated heterocycles. The van der Waals surface area contributed by atoms with E-state index < -0.39 is 10.8 Å². The number of pyridine rings is 1. The van der Waals surface area contributed by atoms with Crippen LogP contribution in [0.2, 0.25) is 0 Å². The monoisotopic (exact) mass is 271 g/mol. The van der Waals surface area contributed by atoms with Crippen LogP contribution in [0.1, 0.15) is 21.5 Å². The Morgan fingerprint density at radius 2 is 2.15 bits per heavy atom. The summed E-state index contributed by atoms with van der Waals surface area (Å²) in [4.78, 5) is 26.5. The molecule has 0 fully saturated rings. The van der Waals surface area contributed by atoms with Gasteiger partial charge in [0.05, 0.1) is 4.92 Å². The van der Waals surface area contributed by atoms with Gasteiger partial charge in [0.25, 0.3) is 11.6 Å². The van der Waals surface area contributed by atoms with Gasteiger partial charge in [-0.3, -0.25) is 19.9 Å². The fraction of sp³-hybridized carbons (Fsp3) is 0.143. The summed E-state index contributed by atoms with van der Waals surface area (Å²) >= 11 is 0. The van der Waals surface area contributed by atoms with E-state index in [0.717, 1.165) is 5.56 Å². The number of amides is 1. The Labute approximate surface area is 115 Å². The van der Waals surface area contributed by atoms with Crippen LogP contribution < -0.4 is 5.32 Å². The van der Waals surface area contributed by atoms with Crippen LogP contribution in [0.5, 0.6) is 0 Å². The molecule has 2 rings (SSSR count). The number of carbonyl (C=O) groups excluding carboxylic acids is 1. The van der Waals surface area contributed by atoms with E-state index in [4.69, 9.17) is 0 Å². The lowest BCUT2D eigenvalue weighted by molar-refractivity contribution is -0.385. The van der Waals surface area contributed by atoms with Crippen molar-refractivity contribution in [2.45, 2.75) is 13.5 Å². The van der Waals surface area contributed by atoms with E-state index in [1.807, 2.05) is 6.07 Å². The zero-order chi connectivity index (χ0) is 14.5. The highest BCUT2D eigenvalue weighted by Gasteiger charge is 2.21. The van der Waals surface area contributed by atoms with Gasteiger partial charge >= 0.3 is 0 Å². The van der Waals surface area contributed by atoms with Gasteiger partial charge in [-0.2, -0.15) is 0 Å². The molecule has 0 aliphatic carbocycles. The van der Waals surface area contributed by atoms with Crippen LogP contribution in [0.3, 0.4) is 0 Å². The normalized spacial score (nSPS) is 10.1. The molecule has 1 aromatic carbocycles. The third-order valence-corrected chi connectivity index (χ3v) is 2.84. The molecule has 0 radical (unpaired) electrons. The van der Waals surface area contributed by atoms with Gasteiger partial charge in [-0.25, -0.2) is 0 Å². The first-order valence-electron chi connectivity index (χ1n) is 6.00. The standard InChI is InChI=1S/C14H13N3O3/c1-10-4-2-6-12(13(10)17(19)20)14(18)16-9-11-5-3-7-15-8-11/h2-8H,9H2,1H3,(H,16,18). The Kier molecular flexibility index (Phi) is 4.05. The highest BCUT2D eigenvalue weighted by molar-refractivity contribution is 5.98. The zero-order valence-electron chi connectivity index (χ0n) is 10.9. The molecule has 102 valence electrons. The number of aromatic nitrogens is 1. The molecule has 6 nitrogen and oxygen atoms in total. The molecule has 6 heteroatoms. The number of aryl methyl sites for hydroxylation is 1. The summed E-state index contributed by atoms with van der Waals surface area (Å²) in [6.07, 6.45) is 3.27. The molecule has 20 heavy (non-hydrogen) atoms. The van der Waals surface area contributed by atoms with E-state index in [1.165, 1.54) is 6.07 Å². The summed E-state index contributed by atoms with van der Waals surface area (Å²) < 4.78 is 0. The first-order chi connectivity index (χ1) is 9.59. The van der Waals surface area contributed by atoms with Crippen LogP contribution in [-0.4, -0.2) is 15.8 Å². The van der Waals surface area contributed by atoms with E-state index >= 15 is 0 Å². The number of para-hydroxylation sites is 1. The minimum atomic E-state index is -0.533. The van der Waals surface area contributed by atoms with E-state index in [9.17, 15) is 14.9 Å². The van der Waals surface area contributed by atoms with Gasteiger partial charge in [0, 0.05) is 24.5 Å². The number of hydrogen-bond acceptors (Lipinski definition) is 4. The first kappa shape index (κ1) is 13.7. The largest absolute Gasteiger partial charge is 0.348 e. The van der Waals surface area contributed by atoms with Crippen LogP contribution in [-0.2, 0) is 6.54 Å². The van der Waals surface area contributed by atoms with Crippen molar-refractivity contribution in [3.8, 4) is 0 Å². The topological polar surface area (TPSA) is 85.1 Å². The van der Waals surface area contributed by atoms with E-state index in [1.54, 1.807) is 37.5 Å². The third kappa shape index (κ3) is 2.97. The molecule has 1 aromatic heterocycles. The second-order valence-corrected chi connectivity index (χ2v) is 4.27. The molecule has 1 heterocycles. The predicted octanol–water partition coefficient (Wildman–Crippen LogP) is 2.23. The van der Waals surface area contributed by atoms with Gasteiger partial charge in [0.2, 0.25) is 0 Å². The number of hydrogen-bond donors (Lipinski definition) is 1. The molecule has 0 unspecified atom stereocenters. The lowest BCUT2D eigenvalue weighted by Crippen LogP contribution is -2.24. The Balaban J connectivity index is 2.18. The van der Waals surface area contributed by atoms with Gasteiger partial charge in [0.1, 0.15) is 5.56 Å². The van der Waals surface area contributed by atoms with Gasteiger partial charge < -0.3 is 5.32 Å². The molecule has 2 aromatic rings. The summed E-state index contributed by atoms with van der Waals surface area (Å²) in [5.74, 6) is -0.468. The van der Waals surface area contributed by atoms with Crippen LogP contribution in [0.15, 0.2) is 42.7 Å². The Morgan fingerprint density at radius 1 is 1.35 bits per heavy atom. The highest BCUT2D eigenvalue weighted by Crippen LogP contribution is 2.22. The number of nitro benzene ring substituents is 1. The second kappa shape index (κ2) is 5.92. The maximum absolute atomic E-state index is 12.1. The predicted molar refractivity (Wildman–Crippen MR) is 73.2 cm³/mol. The van der Waals surface area contributed by atoms with E-state index in [0.29, 0.717) is 5.56 Å². The average Bonchev–Trinajstić information content (AvgIpc) is 2.45. The molecule has 0 bridgehead atoms. The minimum absolute atomic E-state index is 0.0684. The van der Waals surface area contributed by atoms with Gasteiger partial charge in [-0.05, 0) is 24.6 Å². The molecule has 0 aliphatic heterocycles. The number of benzene rings is 1. The average molecular weight is 271 g/mol. The molecular formula is C14H13N3O3. The lowest BCUT2D eigenvalue weighted by atomic mass is 10.1. The van der Waals surface area contributed by atoms with Crippen molar-refractivity contribution in [3.63, 3.8) is 0 Å². The van der Waals surface area contributed by atoms with Gasteiger partial charge in [-0.1, -0.05) is 18.2 Å². The summed E-state index contributed by atoms with van der Waals surface area (Å²) in [7, 11) is 0. The smallest absolute Gasteiger partial charge is 0.285 e. The lowest BCUT2D eigenvalue weighted by Gasteiger charge is -2.07. The van der Waals surface area contributed by atoms with Crippen molar-refractivity contribution < 1.29 is 9.72 Å². The van der Waals surface area contributed by atoms with Crippen LogP contribution in [0.4, 0.5) is 5.69 Å². The maximum Gasteiger partial charge on any atom is 0.285 e. The number of nitro groups is 1. The molecule has 0 aliphatic rings. The number of carbonyl (C=O) groups is 1. The Bertz CT molecular complexity index is 641. The SMILES string of the molecule is Cc1cccc(C(=O)NCc2cccnc2)c1[N+](=O)[O-]. The van der Waals surface area contributed by atoms with E-state index in [2.05, 4.69) is 10.3 Å². The summed E-state index contributed by atoms with van der Waals surface area (Å²) in [5.41, 5.74) is 1.20. The first-order valence-corrected chi connectivity index (χ1v) is 6.00. The second-order valence-electron chi connectivity index (χ2n) is 4.27. The summed E-state index contributed by atoms with van der Waals surface area (Å²) in [6.45, 7) is 1.88. The Morgan fingerprint density at radius 3 is 2.80 bits per heavy atom. The molecule has 0 atom stereocenters. The minimum Gasteiger partial charge on any atom is -0.348 e. The maximum atomic E-state index is 12.1. The van der Waals surface area contributed by atoms with Crippen molar-refractivity contribution in [1.82, 2.24) is 10.3 Å². The van der Waals surface area contributed by atoms with Crippen molar-refractivity contribution in [2.24, 2.45) is 0 Å². The van der Waals surface area contributed by atoms with Crippen molar-refractivity contribution in [2.75, 3.05) is 0 Å². The summed E-state index contributed by atoms with van der Waals surface area (Å²) in [5, 5.41) is 13.7. The van der Waals surface area contributed by atoms with E-state index in [-0.39, 0.29) is 17.8 Å². The molecule has 1 N–H and O–H groups in total. The molecule has 0 saturated carbocycles. The molecule has 1 amide bonds. The fourth-order valence-corrected chi connectivity index (χ4v) is 1.86. The van der Waals surface area contributed by atoms with Crippen LogP contribution >= 0.6 is 0 Å². The van der Waals surface area contributed by atoms with Crippen molar-refractivity contribution in [3.05, 3.63) is 69.5 Å². The quantitative estimate of drug-likeness (QED) is 0.682. The highest BCUT2D eigenvalue weighted by atomic mass is 16.6. The summed E-state index contributed by atoms with van der Waals surface area (Å²) in [6, 6.07) is 8.26. The fourth-order valence-electron chi connectivity index (χ4n) is 1.86.